The Morgan fingerprint density at radius 3 is 1.78 bits per heavy atom. The van der Waals surface area contributed by atoms with Gasteiger partial charge in [-0.1, -0.05) is 103 Å². The van der Waals surface area contributed by atoms with E-state index in [1.165, 1.54) is 21.9 Å². The number of para-hydroxylation sites is 1. The minimum atomic E-state index is 0.716. The first-order chi connectivity index (χ1) is 22.3. The summed E-state index contributed by atoms with van der Waals surface area (Å²) >= 11 is 0. The second kappa shape index (κ2) is 10.2. The number of aromatic nitrogens is 4. The van der Waals surface area contributed by atoms with Gasteiger partial charge in [-0.3, -0.25) is 4.98 Å². The van der Waals surface area contributed by atoms with Gasteiger partial charge in [-0.05, 0) is 69.1 Å². The van der Waals surface area contributed by atoms with Crippen LogP contribution in [0.5, 0.6) is 0 Å². The van der Waals surface area contributed by atoms with Gasteiger partial charge in [-0.2, -0.15) is 0 Å². The zero-order valence-electron chi connectivity index (χ0n) is 24.3. The number of hydrogen-bond acceptors (Lipinski definition) is 3. The Hall–Kier alpha value is -6.13. The van der Waals surface area contributed by atoms with Crippen molar-refractivity contribution in [3.05, 3.63) is 158 Å². The van der Waals surface area contributed by atoms with Crippen LogP contribution in [-0.4, -0.2) is 19.5 Å². The SMILES string of the molecule is c1ccc(-c2c3ccccc3c(-c3nccc(-c4ccc5c(c4)c4cnccc4n5-c4ccccc4)n3)c3ccccc23)cc1. The summed E-state index contributed by atoms with van der Waals surface area (Å²) in [5, 5.41) is 6.91. The number of fused-ring (bicyclic) bond motifs is 5. The van der Waals surface area contributed by atoms with Gasteiger partial charge in [-0.25, -0.2) is 9.97 Å². The lowest BCUT2D eigenvalue weighted by Gasteiger charge is -2.17. The van der Waals surface area contributed by atoms with Crippen LogP contribution >= 0.6 is 0 Å². The Balaban J connectivity index is 1.26. The molecule has 9 aromatic rings. The maximum Gasteiger partial charge on any atom is 0.161 e. The molecule has 0 spiro atoms. The van der Waals surface area contributed by atoms with Crippen LogP contribution in [-0.2, 0) is 0 Å². The van der Waals surface area contributed by atoms with Crippen molar-refractivity contribution in [2.45, 2.75) is 0 Å². The van der Waals surface area contributed by atoms with Crippen molar-refractivity contribution in [3.63, 3.8) is 0 Å². The second-order valence-electron chi connectivity index (χ2n) is 11.3. The molecular weight excluding hydrogens is 548 g/mol. The summed E-state index contributed by atoms with van der Waals surface area (Å²) in [5.74, 6) is 0.716. The van der Waals surface area contributed by atoms with E-state index in [0.717, 1.165) is 55.1 Å². The van der Waals surface area contributed by atoms with Crippen LogP contribution in [0.15, 0.2) is 158 Å². The van der Waals surface area contributed by atoms with Crippen LogP contribution in [0.4, 0.5) is 0 Å². The van der Waals surface area contributed by atoms with Crippen molar-refractivity contribution in [2.24, 2.45) is 0 Å². The largest absolute Gasteiger partial charge is 0.309 e. The van der Waals surface area contributed by atoms with Crippen molar-refractivity contribution in [1.82, 2.24) is 19.5 Å². The minimum absolute atomic E-state index is 0.716. The molecule has 0 saturated heterocycles. The van der Waals surface area contributed by atoms with E-state index in [0.29, 0.717) is 5.82 Å². The Morgan fingerprint density at radius 1 is 0.444 bits per heavy atom. The molecule has 0 aliphatic heterocycles. The van der Waals surface area contributed by atoms with E-state index in [1.54, 1.807) is 0 Å². The van der Waals surface area contributed by atoms with Crippen LogP contribution in [0.1, 0.15) is 0 Å². The van der Waals surface area contributed by atoms with E-state index in [1.807, 2.05) is 30.7 Å². The van der Waals surface area contributed by atoms with Crippen LogP contribution in [0.3, 0.4) is 0 Å². The molecule has 3 aromatic heterocycles. The Kier molecular flexibility index (Phi) is 5.78. The van der Waals surface area contributed by atoms with Gasteiger partial charge in [0.1, 0.15) is 0 Å². The van der Waals surface area contributed by atoms with Crippen molar-refractivity contribution in [1.29, 1.82) is 0 Å². The summed E-state index contributed by atoms with van der Waals surface area (Å²) < 4.78 is 2.30. The standard InChI is InChI=1S/C41H26N4/c1-3-11-27(12-4-1)39-30-15-7-9-17-32(30)40(33-18-10-8-16-31(33)39)41-43-24-21-36(44-41)28-19-20-37-34(25-28)35-26-42-23-22-38(35)45(37)29-13-5-2-6-14-29/h1-26H. The molecule has 0 aliphatic rings. The molecule has 0 amide bonds. The molecule has 0 fully saturated rings. The second-order valence-corrected chi connectivity index (χ2v) is 11.3. The molecule has 9 rings (SSSR count). The third-order valence-electron chi connectivity index (χ3n) is 8.75. The highest BCUT2D eigenvalue weighted by Crippen LogP contribution is 2.43. The maximum atomic E-state index is 5.23. The maximum absolute atomic E-state index is 5.23. The molecule has 0 N–H and O–H groups in total. The summed E-state index contributed by atoms with van der Waals surface area (Å²) in [5.41, 5.74) is 8.79. The fourth-order valence-corrected chi connectivity index (χ4v) is 6.81. The third kappa shape index (κ3) is 4.04. The normalized spacial score (nSPS) is 11.6. The van der Waals surface area contributed by atoms with Gasteiger partial charge >= 0.3 is 0 Å². The molecule has 4 heteroatoms. The number of pyridine rings is 1. The van der Waals surface area contributed by atoms with Gasteiger partial charge in [0.25, 0.3) is 0 Å². The summed E-state index contributed by atoms with van der Waals surface area (Å²) in [7, 11) is 0. The summed E-state index contributed by atoms with van der Waals surface area (Å²) in [4.78, 5) is 14.6. The monoisotopic (exact) mass is 574 g/mol. The lowest BCUT2D eigenvalue weighted by Crippen LogP contribution is -1.96. The summed E-state index contributed by atoms with van der Waals surface area (Å²) in [6.07, 6.45) is 5.69. The van der Waals surface area contributed by atoms with E-state index in [-0.39, 0.29) is 0 Å². The highest BCUT2D eigenvalue weighted by molar-refractivity contribution is 6.20. The first-order valence-electron chi connectivity index (χ1n) is 15.1. The van der Waals surface area contributed by atoms with Gasteiger partial charge in [0.15, 0.2) is 5.82 Å². The zero-order valence-corrected chi connectivity index (χ0v) is 24.3. The van der Waals surface area contributed by atoms with Crippen molar-refractivity contribution in [3.8, 4) is 39.5 Å². The van der Waals surface area contributed by atoms with E-state index in [9.17, 15) is 0 Å². The van der Waals surface area contributed by atoms with Crippen LogP contribution in [0.2, 0.25) is 0 Å². The summed E-state index contributed by atoms with van der Waals surface area (Å²) in [6.45, 7) is 0. The fourth-order valence-electron chi connectivity index (χ4n) is 6.81. The minimum Gasteiger partial charge on any atom is -0.309 e. The van der Waals surface area contributed by atoms with Crippen LogP contribution in [0.25, 0.3) is 82.8 Å². The van der Waals surface area contributed by atoms with E-state index >= 15 is 0 Å². The average molecular weight is 575 g/mol. The number of rotatable bonds is 4. The molecule has 0 aliphatic carbocycles. The van der Waals surface area contributed by atoms with Gasteiger partial charge in [0.05, 0.1) is 16.7 Å². The van der Waals surface area contributed by atoms with Gasteiger partial charge in [-0.15, -0.1) is 0 Å². The quantitative estimate of drug-likeness (QED) is 0.196. The van der Waals surface area contributed by atoms with Gasteiger partial charge in [0, 0.05) is 46.2 Å². The molecule has 0 saturated carbocycles. The number of nitrogens with zero attached hydrogens (tertiary/aromatic N) is 4. The number of benzene rings is 6. The fraction of sp³-hybridized carbons (Fsp3) is 0. The highest BCUT2D eigenvalue weighted by Gasteiger charge is 2.19. The molecule has 6 aromatic carbocycles. The first-order valence-corrected chi connectivity index (χ1v) is 15.1. The number of hydrogen-bond donors (Lipinski definition) is 0. The smallest absolute Gasteiger partial charge is 0.161 e. The Bertz CT molecular complexity index is 2480. The van der Waals surface area contributed by atoms with E-state index < -0.39 is 0 Å². The first kappa shape index (κ1) is 25.4. The Morgan fingerprint density at radius 2 is 1.07 bits per heavy atom. The average Bonchev–Trinajstić information content (AvgIpc) is 3.45. The van der Waals surface area contributed by atoms with Gasteiger partial charge < -0.3 is 4.57 Å². The van der Waals surface area contributed by atoms with Crippen molar-refractivity contribution >= 4 is 43.4 Å². The van der Waals surface area contributed by atoms with Crippen LogP contribution < -0.4 is 0 Å². The molecule has 0 bridgehead atoms. The molecule has 3 heterocycles. The van der Waals surface area contributed by atoms with E-state index in [2.05, 4.69) is 137 Å². The molecule has 0 atom stereocenters. The van der Waals surface area contributed by atoms with Gasteiger partial charge in [0.2, 0.25) is 0 Å². The lowest BCUT2D eigenvalue weighted by molar-refractivity contribution is 1.17. The molecule has 0 unspecified atom stereocenters. The zero-order chi connectivity index (χ0) is 29.7. The highest BCUT2D eigenvalue weighted by atomic mass is 15.0. The third-order valence-corrected chi connectivity index (χ3v) is 8.75. The predicted octanol–water partition coefficient (Wildman–Crippen LogP) is 10.3. The molecule has 4 nitrogen and oxygen atoms in total. The topological polar surface area (TPSA) is 43.6 Å². The summed E-state index contributed by atoms with van der Waals surface area (Å²) in [6, 6.07) is 49.0. The molecular formula is C41H26N4. The van der Waals surface area contributed by atoms with Crippen molar-refractivity contribution in [2.75, 3.05) is 0 Å². The molecule has 0 radical (unpaired) electrons. The van der Waals surface area contributed by atoms with Crippen LogP contribution in [0, 0.1) is 0 Å². The molecule has 45 heavy (non-hydrogen) atoms. The van der Waals surface area contributed by atoms with Crippen molar-refractivity contribution < 1.29 is 0 Å². The van der Waals surface area contributed by atoms with E-state index in [4.69, 9.17) is 9.97 Å². The predicted molar refractivity (Wildman–Crippen MR) is 185 cm³/mol. The molecule has 210 valence electrons. The lowest BCUT2D eigenvalue weighted by atomic mass is 9.88. The Labute approximate surface area is 259 Å².